The van der Waals surface area contributed by atoms with E-state index in [4.69, 9.17) is 0 Å². The zero-order valence-electron chi connectivity index (χ0n) is 16.0. The van der Waals surface area contributed by atoms with Crippen molar-refractivity contribution < 1.29 is 22.5 Å². The highest BCUT2D eigenvalue weighted by molar-refractivity contribution is 7.89. The van der Waals surface area contributed by atoms with E-state index in [1.165, 1.54) is 22.0 Å². The molecule has 28 heavy (non-hydrogen) atoms. The van der Waals surface area contributed by atoms with Gasteiger partial charge in [-0.1, -0.05) is 6.07 Å². The number of rotatable bonds is 5. The molecule has 1 amide bonds. The van der Waals surface area contributed by atoms with Gasteiger partial charge < -0.3 is 10.2 Å². The molecule has 8 heteroatoms. The topological polar surface area (TPSA) is 70.9 Å². The number of hydrogen-bond acceptors (Lipinski definition) is 3. The molecule has 2 aromatic rings. The number of carbonyl (C=O) groups excluding carboxylic acids is 1. The molecule has 2 N–H and O–H groups in total. The molecule has 0 aromatic heterocycles. The van der Waals surface area contributed by atoms with Crippen LogP contribution in [0.1, 0.15) is 11.1 Å². The molecular formula is C20H25FN3O3S+. The van der Waals surface area contributed by atoms with Crippen LogP contribution in [0, 0.1) is 19.7 Å². The van der Waals surface area contributed by atoms with E-state index in [9.17, 15) is 17.6 Å². The lowest BCUT2D eigenvalue weighted by molar-refractivity contribution is -0.895. The monoisotopic (exact) mass is 406 g/mol. The number of aryl methyl sites for hydroxylation is 2. The highest BCUT2D eigenvalue weighted by Gasteiger charge is 2.31. The summed E-state index contributed by atoms with van der Waals surface area (Å²) in [7, 11) is -3.64. The zero-order chi connectivity index (χ0) is 20.3. The minimum Gasteiger partial charge on any atom is -0.325 e. The second-order valence-electron chi connectivity index (χ2n) is 7.13. The third kappa shape index (κ3) is 4.76. The van der Waals surface area contributed by atoms with Crippen molar-refractivity contribution in [2.24, 2.45) is 0 Å². The summed E-state index contributed by atoms with van der Waals surface area (Å²) in [5.74, 6) is -0.559. The van der Waals surface area contributed by atoms with Crippen molar-refractivity contribution in [3.8, 4) is 0 Å². The molecule has 0 unspecified atom stereocenters. The smallest absolute Gasteiger partial charge is 0.279 e. The van der Waals surface area contributed by atoms with Gasteiger partial charge in [0.05, 0.1) is 31.1 Å². The molecule has 6 nitrogen and oxygen atoms in total. The minimum absolute atomic E-state index is 0.0878. The number of nitrogens with one attached hydrogen (secondary N) is 2. The predicted octanol–water partition coefficient (Wildman–Crippen LogP) is 0.970. The average molecular weight is 407 g/mol. The first kappa shape index (κ1) is 20.4. The molecule has 1 heterocycles. The van der Waals surface area contributed by atoms with Crippen LogP contribution in [0.25, 0.3) is 0 Å². The van der Waals surface area contributed by atoms with Gasteiger partial charge in [-0.3, -0.25) is 4.79 Å². The minimum atomic E-state index is -3.64. The number of sulfonamides is 1. The van der Waals surface area contributed by atoms with Crippen LogP contribution in [0.5, 0.6) is 0 Å². The Morgan fingerprint density at radius 3 is 2.32 bits per heavy atom. The van der Waals surface area contributed by atoms with E-state index in [1.54, 1.807) is 0 Å². The van der Waals surface area contributed by atoms with E-state index >= 15 is 0 Å². The first-order valence-corrected chi connectivity index (χ1v) is 10.7. The summed E-state index contributed by atoms with van der Waals surface area (Å²) < 4.78 is 39.7. The highest BCUT2D eigenvalue weighted by Crippen LogP contribution is 2.16. The van der Waals surface area contributed by atoms with Crippen LogP contribution in [-0.4, -0.2) is 51.4 Å². The normalized spacial score (nSPS) is 16.1. The van der Waals surface area contributed by atoms with Gasteiger partial charge in [-0.05, 0) is 61.4 Å². The molecule has 0 radical (unpaired) electrons. The highest BCUT2D eigenvalue weighted by atomic mass is 32.2. The molecule has 0 aliphatic carbocycles. The fourth-order valence-electron chi connectivity index (χ4n) is 3.23. The standard InChI is InChI=1S/C20H24FN3O3S/c1-15-3-6-18(13-16(15)2)22-20(25)14-23-9-11-24(12-10-23)28(26,27)19-7-4-17(21)5-8-19/h3-8,13H,9-12,14H2,1-2H3,(H,22,25)/p+1. The number of hydrogen-bond donors (Lipinski definition) is 2. The summed E-state index contributed by atoms with van der Waals surface area (Å²) >= 11 is 0. The number of nitrogens with zero attached hydrogens (tertiary/aromatic N) is 1. The Morgan fingerprint density at radius 2 is 1.71 bits per heavy atom. The van der Waals surface area contributed by atoms with Crippen LogP contribution in [-0.2, 0) is 14.8 Å². The van der Waals surface area contributed by atoms with Gasteiger partial charge in [0.25, 0.3) is 5.91 Å². The Bertz CT molecular complexity index is 953. The number of benzene rings is 2. The van der Waals surface area contributed by atoms with E-state index in [0.717, 1.165) is 28.3 Å². The maximum atomic E-state index is 13.0. The van der Waals surface area contributed by atoms with Crippen molar-refractivity contribution in [2.45, 2.75) is 18.7 Å². The van der Waals surface area contributed by atoms with Gasteiger partial charge in [0, 0.05) is 5.69 Å². The van der Waals surface area contributed by atoms with Crippen molar-refractivity contribution >= 4 is 21.6 Å². The van der Waals surface area contributed by atoms with E-state index in [2.05, 4.69) is 5.32 Å². The Labute approximate surface area is 165 Å². The number of halogens is 1. The van der Waals surface area contributed by atoms with Gasteiger partial charge in [0.1, 0.15) is 5.82 Å². The van der Waals surface area contributed by atoms with Crippen molar-refractivity contribution in [3.05, 3.63) is 59.4 Å². The molecule has 3 rings (SSSR count). The number of piperazine rings is 1. The van der Waals surface area contributed by atoms with Crippen molar-refractivity contribution in [2.75, 3.05) is 38.0 Å². The van der Waals surface area contributed by atoms with Crippen LogP contribution in [0.3, 0.4) is 0 Å². The molecule has 1 saturated heterocycles. The third-order valence-electron chi connectivity index (χ3n) is 5.08. The summed E-state index contributed by atoms with van der Waals surface area (Å²) in [5, 5.41) is 2.90. The summed E-state index contributed by atoms with van der Waals surface area (Å²) in [5.41, 5.74) is 3.05. The quantitative estimate of drug-likeness (QED) is 0.778. The predicted molar refractivity (Wildman–Crippen MR) is 105 cm³/mol. The van der Waals surface area contributed by atoms with Crippen molar-refractivity contribution in [1.82, 2.24) is 4.31 Å². The van der Waals surface area contributed by atoms with E-state index in [1.807, 2.05) is 32.0 Å². The zero-order valence-corrected chi connectivity index (χ0v) is 16.9. The maximum Gasteiger partial charge on any atom is 0.279 e. The lowest BCUT2D eigenvalue weighted by Crippen LogP contribution is -3.15. The molecule has 1 aliphatic heterocycles. The molecular weight excluding hydrogens is 381 g/mol. The Hall–Kier alpha value is -2.29. The number of amides is 1. The molecule has 0 saturated carbocycles. The first-order valence-electron chi connectivity index (χ1n) is 9.22. The van der Waals surface area contributed by atoms with E-state index in [0.29, 0.717) is 26.2 Å². The Morgan fingerprint density at radius 1 is 1.07 bits per heavy atom. The van der Waals surface area contributed by atoms with Crippen LogP contribution in [0.15, 0.2) is 47.4 Å². The average Bonchev–Trinajstić information content (AvgIpc) is 2.65. The van der Waals surface area contributed by atoms with Crippen LogP contribution >= 0.6 is 0 Å². The maximum absolute atomic E-state index is 13.0. The molecule has 2 aromatic carbocycles. The lowest BCUT2D eigenvalue weighted by Gasteiger charge is -2.31. The third-order valence-corrected chi connectivity index (χ3v) is 7.00. The van der Waals surface area contributed by atoms with E-state index < -0.39 is 15.8 Å². The van der Waals surface area contributed by atoms with Gasteiger partial charge in [0.15, 0.2) is 6.54 Å². The van der Waals surface area contributed by atoms with E-state index in [-0.39, 0.29) is 17.3 Å². The summed E-state index contributed by atoms with van der Waals surface area (Å²) in [6, 6.07) is 10.6. The first-order chi connectivity index (χ1) is 13.3. The molecule has 1 fully saturated rings. The number of anilines is 1. The van der Waals surface area contributed by atoms with Gasteiger partial charge >= 0.3 is 0 Å². The summed E-state index contributed by atoms with van der Waals surface area (Å²) in [6.07, 6.45) is 0. The molecule has 150 valence electrons. The van der Waals surface area contributed by atoms with Crippen LogP contribution in [0.4, 0.5) is 10.1 Å². The fraction of sp³-hybridized carbons (Fsp3) is 0.350. The second kappa shape index (κ2) is 8.38. The van der Waals surface area contributed by atoms with Crippen molar-refractivity contribution in [3.63, 3.8) is 0 Å². The Kier molecular flexibility index (Phi) is 6.12. The summed E-state index contributed by atoms with van der Waals surface area (Å²) in [4.78, 5) is 13.4. The Balaban J connectivity index is 1.54. The van der Waals surface area contributed by atoms with Crippen molar-refractivity contribution in [1.29, 1.82) is 0 Å². The second-order valence-corrected chi connectivity index (χ2v) is 9.07. The van der Waals surface area contributed by atoms with Crippen LogP contribution in [0.2, 0.25) is 0 Å². The number of carbonyl (C=O) groups is 1. The SMILES string of the molecule is Cc1ccc(NC(=O)C[NH+]2CCN(S(=O)(=O)c3ccc(F)cc3)CC2)cc1C. The van der Waals surface area contributed by atoms with Gasteiger partial charge in [0.2, 0.25) is 10.0 Å². The number of quaternary nitrogens is 1. The van der Waals surface area contributed by atoms with Gasteiger partial charge in [-0.15, -0.1) is 0 Å². The molecule has 0 spiro atoms. The summed E-state index contributed by atoms with van der Waals surface area (Å²) in [6.45, 7) is 6.04. The van der Waals surface area contributed by atoms with Gasteiger partial charge in [-0.25, -0.2) is 12.8 Å². The molecule has 0 atom stereocenters. The lowest BCUT2D eigenvalue weighted by atomic mass is 10.1. The molecule has 1 aliphatic rings. The van der Waals surface area contributed by atoms with Crippen LogP contribution < -0.4 is 10.2 Å². The fourth-order valence-corrected chi connectivity index (χ4v) is 4.67. The molecule has 0 bridgehead atoms. The van der Waals surface area contributed by atoms with Gasteiger partial charge in [-0.2, -0.15) is 4.31 Å². The largest absolute Gasteiger partial charge is 0.325 e.